The number of ether oxygens (including phenoxy) is 6. The summed E-state index contributed by atoms with van der Waals surface area (Å²) in [6, 6.07) is 3.50. The van der Waals surface area contributed by atoms with E-state index in [2.05, 4.69) is 59.3 Å². The number of morpholine rings is 1. The second-order valence-electron chi connectivity index (χ2n) is 14.6. The molecule has 0 radical (unpaired) electrons. The Morgan fingerprint density at radius 1 is 0.683 bits per heavy atom. The van der Waals surface area contributed by atoms with Gasteiger partial charge >= 0.3 is 0 Å². The first kappa shape index (κ1) is 43.7. The van der Waals surface area contributed by atoms with Crippen molar-refractivity contribution in [3.05, 3.63) is 49.8 Å². The van der Waals surface area contributed by atoms with Crippen molar-refractivity contribution in [1.29, 1.82) is 0 Å². The summed E-state index contributed by atoms with van der Waals surface area (Å²) in [5.74, 6) is 1.30. The Bertz CT molecular complexity index is 2210. The van der Waals surface area contributed by atoms with Gasteiger partial charge in [-0.15, -0.1) is 0 Å². The molecular formula is C38H54N14O6S2. The molecule has 324 valence electrons. The number of hydrogen-bond donors (Lipinski definition) is 3. The molecule has 0 aliphatic carbocycles. The van der Waals surface area contributed by atoms with Gasteiger partial charge in [0.1, 0.15) is 41.6 Å². The summed E-state index contributed by atoms with van der Waals surface area (Å²) in [4.78, 5) is 32.1. The van der Waals surface area contributed by atoms with Gasteiger partial charge in [-0.05, 0) is 31.7 Å². The van der Waals surface area contributed by atoms with Gasteiger partial charge in [-0.2, -0.15) is 23.5 Å². The van der Waals surface area contributed by atoms with Crippen LogP contribution < -0.4 is 17.2 Å². The lowest BCUT2D eigenvalue weighted by molar-refractivity contribution is -0.132. The molecule has 60 heavy (non-hydrogen) atoms. The minimum Gasteiger partial charge on any atom is -0.397 e. The fraction of sp³-hybridized carbons (Fsp3) is 0.553. The highest BCUT2D eigenvalue weighted by Gasteiger charge is 2.38. The normalized spacial score (nSPS) is 25.7. The van der Waals surface area contributed by atoms with Crippen molar-refractivity contribution in [2.45, 2.75) is 61.2 Å². The first-order valence-electron chi connectivity index (χ1n) is 19.4. The third-order valence-corrected chi connectivity index (χ3v) is 12.4. The van der Waals surface area contributed by atoms with Crippen molar-refractivity contribution in [3.63, 3.8) is 0 Å². The summed E-state index contributed by atoms with van der Waals surface area (Å²) in [6.07, 6.45) is 15.9. The van der Waals surface area contributed by atoms with Crippen molar-refractivity contribution in [1.82, 2.24) is 53.5 Å². The molecule has 9 heterocycles. The predicted molar refractivity (Wildman–Crippen MR) is 232 cm³/mol. The van der Waals surface area contributed by atoms with Crippen LogP contribution in [0.4, 0.5) is 17.2 Å². The van der Waals surface area contributed by atoms with Gasteiger partial charge in [-0.3, -0.25) is 18.6 Å². The van der Waals surface area contributed by atoms with Gasteiger partial charge < -0.3 is 45.6 Å². The number of fused-ring (bicyclic) bond motifs is 3. The van der Waals surface area contributed by atoms with E-state index in [9.17, 15) is 0 Å². The van der Waals surface area contributed by atoms with Gasteiger partial charge in [0.2, 0.25) is 0 Å². The number of aromatic nitrogens is 10. The van der Waals surface area contributed by atoms with E-state index in [0.717, 1.165) is 48.5 Å². The number of thioether (sulfide) groups is 2. The minimum absolute atomic E-state index is 0.0438. The van der Waals surface area contributed by atoms with Crippen LogP contribution in [-0.4, -0.2) is 156 Å². The predicted octanol–water partition coefficient (Wildman–Crippen LogP) is 3.24. The van der Waals surface area contributed by atoms with Crippen LogP contribution >= 0.6 is 23.5 Å². The molecule has 6 N–H and O–H groups in total. The van der Waals surface area contributed by atoms with E-state index in [1.165, 1.54) is 6.33 Å². The number of rotatable bonds is 11. The van der Waals surface area contributed by atoms with E-state index in [1.807, 2.05) is 13.7 Å². The number of anilines is 3. The van der Waals surface area contributed by atoms with E-state index in [4.69, 9.17) is 45.6 Å². The molecule has 0 spiro atoms. The summed E-state index contributed by atoms with van der Waals surface area (Å²) in [6.45, 7) is 2.80. The van der Waals surface area contributed by atoms with Crippen molar-refractivity contribution >= 4 is 74.2 Å². The summed E-state index contributed by atoms with van der Waals surface area (Å²) in [5.41, 5.74) is 23.2. The molecule has 20 nitrogen and oxygen atoms in total. The van der Waals surface area contributed by atoms with Gasteiger partial charge in [0.25, 0.3) is 0 Å². The van der Waals surface area contributed by atoms with Gasteiger partial charge in [-0.25, -0.2) is 34.9 Å². The zero-order valence-electron chi connectivity index (χ0n) is 34.6. The smallest absolute Gasteiger partial charge is 0.167 e. The molecule has 6 aromatic rings. The van der Waals surface area contributed by atoms with E-state index in [-0.39, 0.29) is 43.1 Å². The number of hydrogen-bond acceptors (Lipinski definition) is 19. The first-order chi connectivity index (χ1) is 29.2. The molecule has 3 aliphatic heterocycles. The molecule has 0 amide bonds. The van der Waals surface area contributed by atoms with Crippen LogP contribution in [0.25, 0.3) is 33.5 Å². The maximum Gasteiger partial charge on any atom is 0.167 e. The van der Waals surface area contributed by atoms with E-state index in [0.29, 0.717) is 52.3 Å². The molecule has 6 aromatic heterocycles. The van der Waals surface area contributed by atoms with Crippen LogP contribution in [-0.2, 0) is 28.4 Å². The van der Waals surface area contributed by atoms with Crippen molar-refractivity contribution < 1.29 is 28.4 Å². The van der Waals surface area contributed by atoms with Crippen LogP contribution in [0.5, 0.6) is 0 Å². The second-order valence-corrected chi connectivity index (χ2v) is 16.6. The summed E-state index contributed by atoms with van der Waals surface area (Å²) in [5, 5.41) is 0.400. The van der Waals surface area contributed by atoms with Gasteiger partial charge in [0.05, 0.1) is 68.0 Å². The molecule has 4 unspecified atom stereocenters. The molecule has 3 fully saturated rings. The molecule has 0 saturated carbocycles. The SMILES string of the molecule is COC1C[C@H](n2cnc3c(N)ccnc32)O[C@@H]1CSC.COCC1CN(C)CC(n2cnc3c(N)ccnc32)O1.COC[C@H]1O[C@@H](n2cnc3c(N)ncnc32)CC1SC. The number of nitrogen functional groups attached to an aromatic ring is 3. The number of methoxy groups -OCH3 is 3. The third kappa shape index (κ3) is 9.40. The highest BCUT2D eigenvalue weighted by Crippen LogP contribution is 2.37. The number of pyridine rings is 2. The lowest BCUT2D eigenvalue weighted by atomic mass is 10.2. The summed E-state index contributed by atoms with van der Waals surface area (Å²) in [7, 11) is 7.17. The molecule has 22 heteroatoms. The Balaban J connectivity index is 0.000000136. The fourth-order valence-corrected chi connectivity index (χ4v) is 9.13. The van der Waals surface area contributed by atoms with Crippen LogP contribution in [0.3, 0.4) is 0 Å². The van der Waals surface area contributed by atoms with E-state index < -0.39 is 0 Å². The molecule has 8 atom stereocenters. The van der Waals surface area contributed by atoms with Gasteiger partial charge in [-0.1, -0.05) is 0 Å². The van der Waals surface area contributed by atoms with E-state index >= 15 is 0 Å². The van der Waals surface area contributed by atoms with Crippen LogP contribution in [0.2, 0.25) is 0 Å². The molecule has 0 aromatic carbocycles. The topological polar surface area (TPSA) is 242 Å². The molecule has 3 saturated heterocycles. The number of nitrogens with zero attached hydrogens (tertiary/aromatic N) is 11. The number of imidazole rings is 3. The first-order valence-corrected chi connectivity index (χ1v) is 22.1. The average Bonchev–Trinajstić information content (AvgIpc) is 4.09. The maximum atomic E-state index is 6.09. The Morgan fingerprint density at radius 2 is 1.27 bits per heavy atom. The molecular weight excluding hydrogens is 813 g/mol. The molecule has 3 aliphatic rings. The van der Waals surface area contributed by atoms with Crippen LogP contribution in [0.1, 0.15) is 31.5 Å². The van der Waals surface area contributed by atoms with Gasteiger partial charge in [0.15, 0.2) is 22.8 Å². The highest BCUT2D eigenvalue weighted by molar-refractivity contribution is 7.99. The van der Waals surface area contributed by atoms with Crippen molar-refractivity contribution in [2.24, 2.45) is 0 Å². The molecule has 9 rings (SSSR count). The standard InChI is InChI=1S/C13H19N5O2.C13H18N4O2S.C12H17N5O2S/c1-17-5-9(7-19-2)20-11(6-17)18-8-16-12-10(14)3-4-15-13(12)18;1-18-9-5-11(19-10(9)6-20-2)17-7-16-12-8(14)3-4-15-13(12)17;1-18-4-7-8(20-2)3-9(19-7)17-6-16-10-11(13)14-5-15-12(10)17/h3-4,8-9,11H,5-7H2,1-2H3,(H2,14,15);3-4,7,9-11H,5-6H2,1-2H3,(H2,14,15);5-9H,3-4H2,1-2H3,(H2,13,14,15)/t;9?,10-,11-;7-,8?,9-/m.11/s1. The Hall–Kier alpha value is -4.39. The maximum absolute atomic E-state index is 6.09. The largest absolute Gasteiger partial charge is 0.397 e. The Morgan fingerprint density at radius 3 is 1.87 bits per heavy atom. The van der Waals surface area contributed by atoms with Crippen LogP contribution in [0.15, 0.2) is 49.8 Å². The fourth-order valence-electron chi connectivity index (χ4n) is 7.70. The Kier molecular flexibility index (Phi) is 14.6. The highest BCUT2D eigenvalue weighted by atomic mass is 32.2. The quantitative estimate of drug-likeness (QED) is 0.169. The van der Waals surface area contributed by atoms with Crippen LogP contribution in [0, 0.1) is 0 Å². The summed E-state index contributed by atoms with van der Waals surface area (Å²) < 4.78 is 40.0. The van der Waals surface area contributed by atoms with E-state index in [1.54, 1.807) is 88.4 Å². The zero-order chi connectivity index (χ0) is 42.3. The van der Waals surface area contributed by atoms with Gasteiger partial charge in [0, 0.05) is 70.7 Å². The summed E-state index contributed by atoms with van der Waals surface area (Å²) >= 11 is 3.55. The van der Waals surface area contributed by atoms with Crippen molar-refractivity contribution in [2.75, 3.05) is 90.1 Å². The Labute approximate surface area is 356 Å². The molecule has 0 bridgehead atoms. The minimum atomic E-state index is -0.131. The lowest BCUT2D eigenvalue weighted by Gasteiger charge is -2.36. The third-order valence-electron chi connectivity index (χ3n) is 10.6. The average molecular weight is 867 g/mol. The zero-order valence-corrected chi connectivity index (χ0v) is 36.2. The number of likely N-dealkylation sites (N-methyl/N-ethyl adjacent to an activating group) is 1. The second kappa shape index (κ2) is 20.0. The monoisotopic (exact) mass is 866 g/mol. The lowest BCUT2D eigenvalue weighted by Crippen LogP contribution is -2.45. The number of nitrogens with two attached hydrogens (primary N) is 3. The van der Waals surface area contributed by atoms with Crippen molar-refractivity contribution in [3.8, 4) is 0 Å².